The van der Waals surface area contributed by atoms with Gasteiger partial charge in [0.25, 0.3) is 0 Å². The molecule has 1 N–H and O–H groups in total. The molecule has 0 saturated carbocycles. The quantitative estimate of drug-likeness (QED) is 0.920. The average molecular weight is 320 g/mol. The fourth-order valence-corrected chi connectivity index (χ4v) is 2.40. The Morgan fingerprint density at radius 2 is 1.84 bits per heavy atom. The third-order valence-corrected chi connectivity index (χ3v) is 3.52. The van der Waals surface area contributed by atoms with E-state index < -0.39 is 5.97 Å². The van der Waals surface area contributed by atoms with Crippen LogP contribution >= 0.6 is 15.9 Å². The van der Waals surface area contributed by atoms with Crippen LogP contribution in [0.1, 0.15) is 15.9 Å². The number of hydrogen-bond donors (Lipinski definition) is 1. The first-order chi connectivity index (χ1) is 9.00. The molecule has 0 amide bonds. The van der Waals surface area contributed by atoms with Crippen molar-refractivity contribution in [2.75, 3.05) is 11.9 Å². The van der Waals surface area contributed by atoms with Gasteiger partial charge in [-0.2, -0.15) is 0 Å². The number of carboxylic acids is 1. The van der Waals surface area contributed by atoms with Crippen LogP contribution in [-0.4, -0.2) is 18.1 Å². The summed E-state index contributed by atoms with van der Waals surface area (Å²) in [6.45, 7) is 2.01. The first-order valence-corrected chi connectivity index (χ1v) is 6.62. The molecule has 0 aromatic heterocycles. The lowest BCUT2D eigenvalue weighted by atomic mass is 10.1. The Kier molecular flexibility index (Phi) is 3.90. The molecule has 19 heavy (non-hydrogen) atoms. The number of aromatic carboxylic acids is 1. The van der Waals surface area contributed by atoms with Crippen molar-refractivity contribution < 1.29 is 9.90 Å². The zero-order valence-corrected chi connectivity index (χ0v) is 12.3. The molecule has 98 valence electrons. The van der Waals surface area contributed by atoms with E-state index in [1.807, 2.05) is 49.2 Å². The van der Waals surface area contributed by atoms with Gasteiger partial charge >= 0.3 is 5.97 Å². The monoisotopic (exact) mass is 319 g/mol. The van der Waals surface area contributed by atoms with Gasteiger partial charge in [-0.15, -0.1) is 0 Å². The Morgan fingerprint density at radius 3 is 2.47 bits per heavy atom. The minimum atomic E-state index is -0.934. The summed E-state index contributed by atoms with van der Waals surface area (Å²) in [5.74, 6) is -0.934. The fraction of sp³-hybridized carbons (Fsp3) is 0.133. The minimum Gasteiger partial charge on any atom is -0.478 e. The molecule has 0 atom stereocenters. The van der Waals surface area contributed by atoms with Crippen LogP contribution in [0.4, 0.5) is 11.4 Å². The van der Waals surface area contributed by atoms with Crippen LogP contribution in [0.15, 0.2) is 46.9 Å². The van der Waals surface area contributed by atoms with Gasteiger partial charge in [-0.25, -0.2) is 4.79 Å². The lowest BCUT2D eigenvalue weighted by Gasteiger charge is -2.23. The van der Waals surface area contributed by atoms with Gasteiger partial charge in [0.1, 0.15) is 0 Å². The van der Waals surface area contributed by atoms with Gasteiger partial charge in [0, 0.05) is 17.2 Å². The molecule has 2 aromatic rings. The van der Waals surface area contributed by atoms with E-state index in [2.05, 4.69) is 15.9 Å². The summed E-state index contributed by atoms with van der Waals surface area (Å²) >= 11 is 3.30. The van der Waals surface area contributed by atoms with Gasteiger partial charge in [0.15, 0.2) is 0 Å². The van der Waals surface area contributed by atoms with Gasteiger partial charge in [0.2, 0.25) is 0 Å². The molecular weight excluding hydrogens is 306 g/mol. The maximum atomic E-state index is 11.3. The van der Waals surface area contributed by atoms with Crippen molar-refractivity contribution in [3.63, 3.8) is 0 Å². The third kappa shape index (κ3) is 2.79. The van der Waals surface area contributed by atoms with Crippen molar-refractivity contribution in [2.24, 2.45) is 0 Å². The summed E-state index contributed by atoms with van der Waals surface area (Å²) in [6, 6.07) is 13.2. The van der Waals surface area contributed by atoms with E-state index in [-0.39, 0.29) is 5.56 Å². The van der Waals surface area contributed by atoms with Gasteiger partial charge in [-0.05, 0) is 36.8 Å². The summed E-state index contributed by atoms with van der Waals surface area (Å²) in [7, 11) is 1.87. The molecule has 0 saturated heterocycles. The zero-order chi connectivity index (χ0) is 14.0. The van der Waals surface area contributed by atoms with E-state index in [9.17, 15) is 9.90 Å². The molecule has 0 aliphatic heterocycles. The lowest BCUT2D eigenvalue weighted by Crippen LogP contribution is -2.15. The normalized spacial score (nSPS) is 10.3. The number of para-hydroxylation sites is 1. The first-order valence-electron chi connectivity index (χ1n) is 5.83. The Morgan fingerprint density at radius 1 is 1.16 bits per heavy atom. The molecule has 0 radical (unpaired) electrons. The van der Waals surface area contributed by atoms with Gasteiger partial charge in [0.05, 0.1) is 11.3 Å². The Balaban J connectivity index is 2.53. The first kappa shape index (κ1) is 13.6. The highest BCUT2D eigenvalue weighted by Crippen LogP contribution is 2.31. The largest absolute Gasteiger partial charge is 0.478 e. The number of nitrogens with zero attached hydrogens (tertiary/aromatic N) is 1. The number of rotatable bonds is 3. The summed E-state index contributed by atoms with van der Waals surface area (Å²) < 4.78 is 0.756. The second kappa shape index (κ2) is 5.45. The van der Waals surface area contributed by atoms with E-state index >= 15 is 0 Å². The fourth-order valence-electron chi connectivity index (χ4n) is 2.04. The molecule has 0 aliphatic carbocycles. The smallest absolute Gasteiger partial charge is 0.337 e. The third-order valence-electron chi connectivity index (χ3n) is 3.03. The van der Waals surface area contributed by atoms with Gasteiger partial charge < -0.3 is 10.0 Å². The van der Waals surface area contributed by atoms with Crippen LogP contribution in [0.25, 0.3) is 0 Å². The summed E-state index contributed by atoms with van der Waals surface area (Å²) in [6.07, 6.45) is 0. The Hall–Kier alpha value is -1.81. The lowest BCUT2D eigenvalue weighted by molar-refractivity contribution is 0.0697. The molecular formula is C15H14BrNO2. The average Bonchev–Trinajstić information content (AvgIpc) is 2.38. The number of hydrogen-bond acceptors (Lipinski definition) is 2. The number of benzene rings is 2. The van der Waals surface area contributed by atoms with Crippen molar-refractivity contribution in [2.45, 2.75) is 6.92 Å². The van der Waals surface area contributed by atoms with Gasteiger partial charge in [-0.1, -0.05) is 34.1 Å². The number of carboxylic acid groups (broad SMARTS) is 1. The SMILES string of the molecule is Cc1ccccc1N(C)c1ccc(Br)cc1C(=O)O. The number of halogens is 1. The zero-order valence-electron chi connectivity index (χ0n) is 10.7. The van der Waals surface area contributed by atoms with Crippen molar-refractivity contribution >= 4 is 33.3 Å². The molecule has 2 aromatic carbocycles. The number of aryl methyl sites for hydroxylation is 1. The van der Waals surface area contributed by atoms with Crippen LogP contribution in [0, 0.1) is 6.92 Å². The van der Waals surface area contributed by atoms with Crippen molar-refractivity contribution in [3.8, 4) is 0 Å². The van der Waals surface area contributed by atoms with E-state index in [1.54, 1.807) is 12.1 Å². The van der Waals surface area contributed by atoms with Crippen molar-refractivity contribution in [1.29, 1.82) is 0 Å². The summed E-state index contributed by atoms with van der Waals surface area (Å²) in [4.78, 5) is 13.2. The number of carbonyl (C=O) groups is 1. The number of anilines is 2. The molecule has 0 bridgehead atoms. The van der Waals surface area contributed by atoms with Crippen LogP contribution in [0.3, 0.4) is 0 Å². The molecule has 2 rings (SSSR count). The molecule has 0 unspecified atom stereocenters. The van der Waals surface area contributed by atoms with Gasteiger partial charge in [-0.3, -0.25) is 0 Å². The maximum Gasteiger partial charge on any atom is 0.337 e. The highest BCUT2D eigenvalue weighted by atomic mass is 79.9. The van der Waals surface area contributed by atoms with Crippen molar-refractivity contribution in [1.82, 2.24) is 0 Å². The van der Waals surface area contributed by atoms with Crippen molar-refractivity contribution in [3.05, 3.63) is 58.1 Å². The van der Waals surface area contributed by atoms with Crippen LogP contribution < -0.4 is 4.90 Å². The topological polar surface area (TPSA) is 40.5 Å². The predicted molar refractivity (Wildman–Crippen MR) is 80.3 cm³/mol. The standard InChI is InChI=1S/C15H14BrNO2/c1-10-5-3-4-6-13(10)17(2)14-8-7-11(16)9-12(14)15(18)19/h3-9H,1-2H3,(H,18,19). The summed E-state index contributed by atoms with van der Waals surface area (Å²) in [5.41, 5.74) is 3.04. The van der Waals surface area contributed by atoms with E-state index in [0.717, 1.165) is 15.7 Å². The predicted octanol–water partition coefficient (Wildman–Crippen LogP) is 4.22. The van der Waals surface area contributed by atoms with Crippen LogP contribution in [0.2, 0.25) is 0 Å². The van der Waals surface area contributed by atoms with E-state index in [1.165, 1.54) is 0 Å². The second-order valence-corrected chi connectivity index (χ2v) is 5.23. The highest BCUT2D eigenvalue weighted by Gasteiger charge is 2.15. The molecule has 0 spiro atoms. The Bertz CT molecular complexity index is 625. The molecule has 0 fully saturated rings. The molecule has 4 heteroatoms. The van der Waals surface area contributed by atoms with Crippen LogP contribution in [0.5, 0.6) is 0 Å². The van der Waals surface area contributed by atoms with Crippen LogP contribution in [-0.2, 0) is 0 Å². The Labute approximate surface area is 120 Å². The second-order valence-electron chi connectivity index (χ2n) is 4.31. The maximum absolute atomic E-state index is 11.3. The minimum absolute atomic E-state index is 0.278. The summed E-state index contributed by atoms with van der Waals surface area (Å²) in [5, 5.41) is 9.31. The highest BCUT2D eigenvalue weighted by molar-refractivity contribution is 9.10. The molecule has 3 nitrogen and oxygen atoms in total. The molecule has 0 aliphatic rings. The molecule has 0 heterocycles. The van der Waals surface area contributed by atoms with E-state index in [4.69, 9.17) is 0 Å². The van der Waals surface area contributed by atoms with E-state index in [0.29, 0.717) is 5.69 Å².